The van der Waals surface area contributed by atoms with E-state index in [2.05, 4.69) is 58.8 Å². The molecule has 174 valence electrons. The zero-order chi connectivity index (χ0) is 25.6. The molecule has 0 N–H and O–H groups in total. The van der Waals surface area contributed by atoms with Gasteiger partial charge >= 0.3 is 0 Å². The summed E-state index contributed by atoms with van der Waals surface area (Å²) in [5.41, 5.74) is 4.03. The predicted molar refractivity (Wildman–Crippen MR) is 152 cm³/mol. The molecule has 0 unspecified atom stereocenters. The summed E-state index contributed by atoms with van der Waals surface area (Å²) >= 11 is 0. The van der Waals surface area contributed by atoms with E-state index in [4.69, 9.17) is 0 Å². The molecule has 0 saturated heterocycles. The van der Waals surface area contributed by atoms with Crippen molar-refractivity contribution in [2.45, 2.75) is 0 Å². The van der Waals surface area contributed by atoms with Crippen LogP contribution < -0.4 is 10.7 Å². The molecule has 4 heteroatoms. The second kappa shape index (κ2) is 8.52. The molecule has 4 nitrogen and oxygen atoms in total. The number of fused-ring (bicyclic) bond motifs is 6. The number of hydrogen-bond acceptors (Lipinski definition) is 4. The third-order valence-corrected chi connectivity index (χ3v) is 7.33. The van der Waals surface area contributed by atoms with Crippen molar-refractivity contribution in [2.24, 2.45) is 9.98 Å². The van der Waals surface area contributed by atoms with Crippen molar-refractivity contribution in [2.75, 3.05) is 0 Å². The van der Waals surface area contributed by atoms with Crippen LogP contribution >= 0.6 is 0 Å². The van der Waals surface area contributed by atoms with E-state index in [-0.39, 0.29) is 0 Å². The summed E-state index contributed by atoms with van der Waals surface area (Å²) < 4.78 is 0. The van der Waals surface area contributed by atoms with Gasteiger partial charge in [-0.15, -0.1) is 0 Å². The summed E-state index contributed by atoms with van der Waals surface area (Å²) in [7, 11) is 0. The number of hydrogen-bond donors (Lipinski definition) is 0. The van der Waals surface area contributed by atoms with Gasteiger partial charge in [-0.1, -0.05) is 109 Å². The van der Waals surface area contributed by atoms with E-state index >= 15 is 0 Å². The van der Waals surface area contributed by atoms with Crippen molar-refractivity contribution < 1.29 is 0 Å². The van der Waals surface area contributed by atoms with Crippen molar-refractivity contribution in [3.05, 3.63) is 120 Å². The molecule has 0 aliphatic heterocycles. The molecule has 0 bridgehead atoms. The number of nitrogens with zero attached hydrogens (tertiary/aromatic N) is 4. The second-order valence-electron chi connectivity index (χ2n) is 9.19. The minimum atomic E-state index is 0.667. The zero-order valence-electron chi connectivity index (χ0n) is 20.2. The Morgan fingerprint density at radius 2 is 0.737 bits per heavy atom. The van der Waals surface area contributed by atoms with Crippen LogP contribution in [0.15, 0.2) is 119 Å². The van der Waals surface area contributed by atoms with E-state index in [1.807, 2.05) is 72.8 Å². The van der Waals surface area contributed by atoms with E-state index in [1.165, 1.54) is 0 Å². The first-order valence-electron chi connectivity index (χ1n) is 12.3. The van der Waals surface area contributed by atoms with Crippen molar-refractivity contribution in [1.29, 1.82) is 10.5 Å². The summed E-state index contributed by atoms with van der Waals surface area (Å²) in [5, 5.41) is 28.7. The van der Waals surface area contributed by atoms with Gasteiger partial charge in [0, 0.05) is 43.4 Å². The van der Waals surface area contributed by atoms with Crippen LogP contribution in [0, 0.1) is 22.9 Å². The van der Waals surface area contributed by atoms with Crippen LogP contribution in [0.4, 0.5) is 0 Å². The molecule has 0 atom stereocenters. The van der Waals surface area contributed by atoms with Crippen molar-refractivity contribution in [1.82, 2.24) is 0 Å². The van der Waals surface area contributed by atoms with E-state index < -0.39 is 0 Å². The molecule has 0 aromatic heterocycles. The topological polar surface area (TPSA) is 72.3 Å². The molecule has 0 saturated carbocycles. The van der Waals surface area contributed by atoms with Crippen LogP contribution in [0.2, 0.25) is 0 Å². The van der Waals surface area contributed by atoms with Gasteiger partial charge in [0.1, 0.15) is 0 Å². The number of benzene rings is 5. The normalized spacial score (nSPS) is 12.5. The monoisotopic (exact) mass is 482 g/mol. The first-order valence-corrected chi connectivity index (χ1v) is 12.3. The van der Waals surface area contributed by atoms with Crippen LogP contribution in [0.5, 0.6) is 0 Å². The molecule has 0 spiro atoms. The van der Waals surface area contributed by atoms with Gasteiger partial charge in [0.15, 0.2) is 0 Å². The Morgan fingerprint density at radius 1 is 0.395 bits per heavy atom. The minimum Gasteiger partial charge on any atom is -0.172 e. The highest BCUT2D eigenvalue weighted by Gasteiger charge is 2.26. The molecular formula is C34H18N4. The molecular weight excluding hydrogens is 464 g/mol. The van der Waals surface area contributed by atoms with Crippen LogP contribution in [0.25, 0.3) is 65.3 Å². The second-order valence-corrected chi connectivity index (χ2v) is 9.19. The first kappa shape index (κ1) is 21.7. The molecule has 0 heterocycles. The first-order chi connectivity index (χ1) is 18.8. The molecule has 0 amide bonds. The summed E-state index contributed by atoms with van der Waals surface area (Å²) in [6.07, 6.45) is 4.13. The smallest absolute Gasteiger partial charge is 0.172 e. The van der Waals surface area contributed by atoms with Gasteiger partial charge in [0.25, 0.3) is 0 Å². The Kier molecular flexibility index (Phi) is 4.86. The van der Waals surface area contributed by atoms with Crippen LogP contribution in [-0.4, -0.2) is 0 Å². The number of rotatable bonds is 2. The molecule has 7 aromatic carbocycles. The lowest BCUT2D eigenvalue weighted by atomic mass is 9.88. The molecule has 38 heavy (non-hydrogen) atoms. The van der Waals surface area contributed by atoms with Gasteiger partial charge in [-0.2, -0.15) is 20.5 Å². The highest BCUT2D eigenvalue weighted by atomic mass is 14.7. The molecule has 0 radical (unpaired) electrons. The van der Waals surface area contributed by atoms with Crippen molar-refractivity contribution >= 4 is 43.1 Å². The van der Waals surface area contributed by atoms with Crippen LogP contribution in [0.1, 0.15) is 0 Å². The van der Waals surface area contributed by atoms with E-state index in [0.717, 1.165) is 65.3 Å². The third kappa shape index (κ3) is 2.95. The Hall–Kier alpha value is -5.58. The largest absolute Gasteiger partial charge is 0.206 e. The summed E-state index contributed by atoms with van der Waals surface area (Å²) in [6, 6.07) is 36.7. The summed E-state index contributed by atoms with van der Waals surface area (Å²) in [5.74, 6) is 0. The van der Waals surface area contributed by atoms with Crippen LogP contribution in [0.3, 0.4) is 0 Å². The van der Waals surface area contributed by atoms with Gasteiger partial charge in [-0.25, -0.2) is 0 Å². The zero-order valence-corrected chi connectivity index (χ0v) is 20.2. The maximum Gasteiger partial charge on any atom is 0.206 e. The molecule has 0 aliphatic carbocycles. The van der Waals surface area contributed by atoms with Gasteiger partial charge in [-0.3, -0.25) is 0 Å². The lowest BCUT2D eigenvalue weighted by molar-refractivity contribution is 1.37. The Morgan fingerprint density at radius 3 is 1.11 bits per heavy atom. The molecule has 7 aromatic rings. The third-order valence-electron chi connectivity index (χ3n) is 7.33. The highest BCUT2D eigenvalue weighted by Crippen LogP contribution is 2.47. The van der Waals surface area contributed by atoms with Crippen molar-refractivity contribution in [3.8, 4) is 34.6 Å². The molecule has 0 fully saturated rings. The van der Waals surface area contributed by atoms with Gasteiger partial charge in [0.05, 0.1) is 10.7 Å². The average Bonchev–Trinajstić information content (AvgIpc) is 3.47. The van der Waals surface area contributed by atoms with E-state index in [1.54, 1.807) is 0 Å². The molecule has 0 aliphatic rings. The SMILES string of the molecule is N#C/N=c1\c2ccccc2c2c(-c3ccccc3)c3/c(=N/C#N)c4ccccc4c3c(-c3ccccc3)c12. The predicted octanol–water partition coefficient (Wildman–Crippen LogP) is 7.27. The maximum absolute atomic E-state index is 9.80. The number of nitriles is 2. The standard InChI is InChI=1S/C34H18N4/c35-19-37-33-26-18-10-8-16-24(26)30-28(22-13-5-2-6-14-22)32-29(27(31(30)33)21-11-3-1-4-12-21)23-15-7-9-17-25(23)34(32)38-20-36/h1-18H/b37-33+,38-34+. The van der Waals surface area contributed by atoms with E-state index in [9.17, 15) is 10.5 Å². The Bertz CT molecular complexity index is 2070. The average molecular weight is 483 g/mol. The lowest BCUT2D eigenvalue weighted by Gasteiger charge is -2.14. The van der Waals surface area contributed by atoms with Crippen LogP contribution in [-0.2, 0) is 0 Å². The van der Waals surface area contributed by atoms with Gasteiger partial charge in [0.2, 0.25) is 12.4 Å². The fourth-order valence-electron chi connectivity index (χ4n) is 5.97. The quantitative estimate of drug-likeness (QED) is 0.243. The fourth-order valence-corrected chi connectivity index (χ4v) is 5.97. The Labute approximate surface area is 218 Å². The summed E-state index contributed by atoms with van der Waals surface area (Å²) in [6.45, 7) is 0. The van der Waals surface area contributed by atoms with Crippen molar-refractivity contribution in [3.63, 3.8) is 0 Å². The van der Waals surface area contributed by atoms with Gasteiger partial charge in [-0.05, 0) is 21.9 Å². The minimum absolute atomic E-state index is 0.667. The maximum atomic E-state index is 9.80. The van der Waals surface area contributed by atoms with E-state index in [0.29, 0.717) is 10.7 Å². The summed E-state index contributed by atoms with van der Waals surface area (Å²) in [4.78, 5) is 8.81. The lowest BCUT2D eigenvalue weighted by Crippen LogP contribution is -2.03. The highest BCUT2D eigenvalue weighted by molar-refractivity contribution is 6.34. The fraction of sp³-hybridized carbons (Fsp3) is 0. The molecule has 7 rings (SSSR count). The Balaban J connectivity index is 1.97. The van der Waals surface area contributed by atoms with Gasteiger partial charge < -0.3 is 0 Å².